The van der Waals surface area contributed by atoms with Crippen molar-refractivity contribution >= 4 is 11.9 Å². The normalized spacial score (nSPS) is 24.1. The van der Waals surface area contributed by atoms with Gasteiger partial charge in [0.05, 0.1) is 16.9 Å². The summed E-state index contributed by atoms with van der Waals surface area (Å²) in [5.74, 6) is 0.602. The van der Waals surface area contributed by atoms with Crippen molar-refractivity contribution in [1.82, 2.24) is 0 Å². The molecule has 0 spiro atoms. The largest absolute Gasteiger partial charge is 0.478 e. The third-order valence-corrected chi connectivity index (χ3v) is 4.19. The molecule has 1 aliphatic heterocycles. The van der Waals surface area contributed by atoms with Crippen LogP contribution in [0.2, 0.25) is 0 Å². The fourth-order valence-corrected chi connectivity index (χ4v) is 2.88. The molecule has 4 nitrogen and oxygen atoms in total. The highest BCUT2D eigenvalue weighted by Gasteiger charge is 2.44. The molecule has 0 bridgehead atoms. The highest BCUT2D eigenvalue weighted by Crippen LogP contribution is 2.41. The number of carbonyl (C=O) groups is 1. The first-order valence-corrected chi connectivity index (χ1v) is 7.74. The Hall–Kier alpha value is -1.06. The summed E-state index contributed by atoms with van der Waals surface area (Å²) in [6.45, 7) is 8.93. The molecule has 0 aromatic carbocycles. The summed E-state index contributed by atoms with van der Waals surface area (Å²) in [6.07, 6.45) is 5.57. The Labute approximate surface area is 121 Å². The maximum Gasteiger partial charge on any atom is 0.308 e. The second kappa shape index (κ2) is 5.74. The van der Waals surface area contributed by atoms with Gasteiger partial charge in [-0.25, -0.2) is 4.99 Å². The number of carbonyl (C=O) groups excluding carboxylic acids is 1. The molecule has 2 rings (SSSR count). The van der Waals surface area contributed by atoms with Crippen molar-refractivity contribution in [1.29, 1.82) is 0 Å². The quantitative estimate of drug-likeness (QED) is 0.742. The van der Waals surface area contributed by atoms with Crippen LogP contribution in [-0.2, 0) is 14.3 Å². The second-order valence-electron chi connectivity index (χ2n) is 7.12. The average Bonchev–Trinajstić information content (AvgIpc) is 2.78. The molecule has 20 heavy (non-hydrogen) atoms. The molecule has 4 heteroatoms. The van der Waals surface area contributed by atoms with E-state index < -0.39 is 0 Å². The van der Waals surface area contributed by atoms with E-state index in [1.807, 2.05) is 13.8 Å². The van der Waals surface area contributed by atoms with E-state index in [0.717, 1.165) is 31.6 Å². The number of hydrogen-bond donors (Lipinski definition) is 0. The van der Waals surface area contributed by atoms with Crippen LogP contribution in [0.1, 0.15) is 59.8 Å². The van der Waals surface area contributed by atoms with Gasteiger partial charge in [0.2, 0.25) is 0 Å². The van der Waals surface area contributed by atoms with Gasteiger partial charge >= 0.3 is 5.97 Å². The Morgan fingerprint density at radius 1 is 1.30 bits per heavy atom. The van der Waals surface area contributed by atoms with Gasteiger partial charge in [0.25, 0.3) is 0 Å². The highest BCUT2D eigenvalue weighted by atomic mass is 16.5. The molecular formula is C16H27NO3. The minimum absolute atomic E-state index is 0.0847. The van der Waals surface area contributed by atoms with Crippen molar-refractivity contribution in [2.45, 2.75) is 65.3 Å². The minimum atomic E-state index is -0.184. The highest BCUT2D eigenvalue weighted by molar-refractivity contribution is 5.85. The van der Waals surface area contributed by atoms with Gasteiger partial charge < -0.3 is 9.47 Å². The Morgan fingerprint density at radius 2 is 1.95 bits per heavy atom. The molecule has 1 saturated carbocycles. The van der Waals surface area contributed by atoms with E-state index >= 15 is 0 Å². The third-order valence-electron chi connectivity index (χ3n) is 4.19. The summed E-state index contributed by atoms with van der Waals surface area (Å²) in [5, 5.41) is 0. The van der Waals surface area contributed by atoms with E-state index in [1.54, 1.807) is 0 Å². The molecule has 114 valence electrons. The lowest BCUT2D eigenvalue weighted by Gasteiger charge is -2.35. The van der Waals surface area contributed by atoms with Crippen molar-refractivity contribution in [2.24, 2.45) is 16.3 Å². The van der Waals surface area contributed by atoms with Crippen molar-refractivity contribution in [3.05, 3.63) is 0 Å². The van der Waals surface area contributed by atoms with Crippen LogP contribution in [0, 0.1) is 11.3 Å². The van der Waals surface area contributed by atoms with E-state index in [9.17, 15) is 4.79 Å². The van der Waals surface area contributed by atoms with E-state index in [2.05, 4.69) is 13.8 Å². The SMILES string of the molecule is CC(C)C(=O)OCC1(C2=NC(C)(C)CO2)CCCCC1. The van der Waals surface area contributed by atoms with Gasteiger partial charge in [0, 0.05) is 0 Å². The first-order valence-electron chi connectivity index (χ1n) is 7.74. The van der Waals surface area contributed by atoms with Gasteiger partial charge in [-0.05, 0) is 26.7 Å². The molecule has 0 N–H and O–H groups in total. The van der Waals surface area contributed by atoms with Crippen molar-refractivity contribution < 1.29 is 14.3 Å². The van der Waals surface area contributed by atoms with E-state index in [4.69, 9.17) is 14.5 Å². The lowest BCUT2D eigenvalue weighted by Crippen LogP contribution is -2.39. The van der Waals surface area contributed by atoms with Crippen LogP contribution in [0.4, 0.5) is 0 Å². The maximum atomic E-state index is 11.8. The fraction of sp³-hybridized carbons (Fsp3) is 0.875. The predicted molar refractivity (Wildman–Crippen MR) is 78.8 cm³/mol. The van der Waals surface area contributed by atoms with Gasteiger partial charge in [-0.15, -0.1) is 0 Å². The zero-order valence-corrected chi connectivity index (χ0v) is 13.2. The molecular weight excluding hydrogens is 254 g/mol. The number of esters is 1. The Kier molecular flexibility index (Phi) is 4.40. The number of rotatable bonds is 4. The maximum absolute atomic E-state index is 11.8. The third kappa shape index (κ3) is 3.33. The number of aliphatic imine (C=N–C) groups is 1. The summed E-state index contributed by atoms with van der Waals surface area (Å²) >= 11 is 0. The molecule has 0 aromatic rings. The van der Waals surface area contributed by atoms with Gasteiger partial charge in [-0.3, -0.25) is 4.79 Å². The van der Waals surface area contributed by atoms with Crippen LogP contribution >= 0.6 is 0 Å². The smallest absolute Gasteiger partial charge is 0.308 e. The van der Waals surface area contributed by atoms with Crippen molar-refractivity contribution in [3.8, 4) is 0 Å². The van der Waals surface area contributed by atoms with Gasteiger partial charge in [0.15, 0.2) is 5.90 Å². The van der Waals surface area contributed by atoms with Crippen molar-refractivity contribution in [3.63, 3.8) is 0 Å². The van der Waals surface area contributed by atoms with E-state index in [0.29, 0.717) is 13.2 Å². The van der Waals surface area contributed by atoms with Crippen LogP contribution in [0.3, 0.4) is 0 Å². The first-order chi connectivity index (χ1) is 9.35. The topological polar surface area (TPSA) is 47.9 Å². The fourth-order valence-electron chi connectivity index (χ4n) is 2.88. The predicted octanol–water partition coefficient (Wildman–Crippen LogP) is 3.34. The summed E-state index contributed by atoms with van der Waals surface area (Å²) < 4.78 is 11.4. The zero-order chi connectivity index (χ0) is 14.8. The van der Waals surface area contributed by atoms with Crippen LogP contribution in [0.25, 0.3) is 0 Å². The molecule has 1 fully saturated rings. The molecule has 1 aliphatic carbocycles. The minimum Gasteiger partial charge on any atom is -0.478 e. The summed E-state index contributed by atoms with van der Waals surface area (Å²) in [5.41, 5.74) is -0.335. The summed E-state index contributed by atoms with van der Waals surface area (Å²) in [6, 6.07) is 0. The van der Waals surface area contributed by atoms with Crippen molar-refractivity contribution in [2.75, 3.05) is 13.2 Å². The van der Waals surface area contributed by atoms with E-state index in [1.165, 1.54) is 6.42 Å². The molecule has 2 aliphatic rings. The second-order valence-corrected chi connectivity index (χ2v) is 7.12. The van der Waals surface area contributed by atoms with E-state index in [-0.39, 0.29) is 22.8 Å². The van der Waals surface area contributed by atoms with Gasteiger partial charge in [-0.1, -0.05) is 33.1 Å². The monoisotopic (exact) mass is 281 g/mol. The van der Waals surface area contributed by atoms with Crippen LogP contribution < -0.4 is 0 Å². The Bertz CT molecular complexity index is 393. The average molecular weight is 281 g/mol. The lowest BCUT2D eigenvalue weighted by molar-refractivity contribution is -0.150. The lowest BCUT2D eigenvalue weighted by atomic mass is 9.74. The number of nitrogens with zero attached hydrogens (tertiary/aromatic N) is 1. The Morgan fingerprint density at radius 3 is 2.45 bits per heavy atom. The molecule has 0 unspecified atom stereocenters. The first kappa shape index (κ1) is 15.3. The standard InChI is InChI=1S/C16H27NO3/c1-12(2)13(18)19-11-16(8-6-5-7-9-16)14-17-15(3,4)10-20-14/h12H,5-11H2,1-4H3. The molecule has 0 atom stereocenters. The number of hydrogen-bond acceptors (Lipinski definition) is 4. The van der Waals surface area contributed by atoms with Crippen LogP contribution in [-0.4, -0.2) is 30.6 Å². The van der Waals surface area contributed by atoms with Gasteiger partial charge in [-0.2, -0.15) is 0 Å². The summed E-state index contributed by atoms with van der Waals surface area (Å²) in [4.78, 5) is 16.5. The molecule has 0 radical (unpaired) electrons. The molecule has 0 aromatic heterocycles. The zero-order valence-electron chi connectivity index (χ0n) is 13.2. The number of ether oxygens (including phenoxy) is 2. The van der Waals surface area contributed by atoms with Crippen LogP contribution in [0.5, 0.6) is 0 Å². The van der Waals surface area contributed by atoms with Gasteiger partial charge in [0.1, 0.15) is 13.2 Å². The van der Waals surface area contributed by atoms with Crippen LogP contribution in [0.15, 0.2) is 4.99 Å². The Balaban J connectivity index is 2.12. The molecule has 0 saturated heterocycles. The molecule has 1 heterocycles. The molecule has 0 amide bonds. The summed E-state index contributed by atoms with van der Waals surface area (Å²) in [7, 11) is 0.